The number of aromatic nitrogens is 3. The van der Waals surface area contributed by atoms with Crippen LogP contribution in [-0.2, 0) is 10.3 Å². The molecular weight excluding hydrogens is 431 g/mol. The molecule has 1 aliphatic carbocycles. The molecule has 0 bridgehead atoms. The first-order chi connectivity index (χ1) is 16.6. The van der Waals surface area contributed by atoms with Crippen LogP contribution in [0.25, 0.3) is 16.8 Å². The molecule has 34 heavy (non-hydrogen) atoms. The van der Waals surface area contributed by atoms with Gasteiger partial charge in [0, 0.05) is 18.1 Å². The maximum atomic E-state index is 14.3. The molecule has 1 saturated heterocycles. The number of unbranched alkanes of at least 4 members (excludes halogenated alkanes) is 2. The van der Waals surface area contributed by atoms with Gasteiger partial charge in [0.25, 0.3) is 0 Å². The largest absolute Gasteiger partial charge is 0.364 e. The topological polar surface area (TPSA) is 83.8 Å². The van der Waals surface area contributed by atoms with E-state index >= 15 is 0 Å². The van der Waals surface area contributed by atoms with Gasteiger partial charge in [-0.15, -0.1) is 0 Å². The minimum Gasteiger partial charge on any atom is -0.364 e. The maximum Gasteiger partial charge on any atom is 0.220 e. The molecule has 2 aromatic heterocycles. The maximum absolute atomic E-state index is 14.3. The summed E-state index contributed by atoms with van der Waals surface area (Å²) in [6, 6.07) is 8.62. The van der Waals surface area contributed by atoms with Crippen molar-refractivity contribution in [1.29, 1.82) is 0 Å². The first kappa shape index (κ1) is 22.6. The molecule has 1 aromatic carbocycles. The lowest BCUT2D eigenvalue weighted by Gasteiger charge is -2.32. The third-order valence-corrected chi connectivity index (χ3v) is 7.03. The van der Waals surface area contributed by atoms with Crippen LogP contribution >= 0.6 is 0 Å². The summed E-state index contributed by atoms with van der Waals surface area (Å²) in [6.45, 7) is 0. The van der Waals surface area contributed by atoms with Gasteiger partial charge in [0.05, 0.1) is 17.4 Å². The number of aromatic amines is 1. The number of carbonyl (C=O) groups excluding carboxylic acids is 1. The molecule has 3 heterocycles. The second kappa shape index (κ2) is 9.95. The first-order valence-electron chi connectivity index (χ1n) is 12.4. The zero-order valence-corrected chi connectivity index (χ0v) is 19.4. The molecule has 5 rings (SSSR count). The molecule has 3 aromatic rings. The van der Waals surface area contributed by atoms with E-state index < -0.39 is 5.54 Å². The van der Waals surface area contributed by atoms with E-state index in [1.165, 1.54) is 30.1 Å². The van der Waals surface area contributed by atoms with Crippen molar-refractivity contribution in [3.63, 3.8) is 0 Å². The van der Waals surface area contributed by atoms with Gasteiger partial charge in [0.2, 0.25) is 5.91 Å². The predicted molar refractivity (Wildman–Crippen MR) is 128 cm³/mol. The van der Waals surface area contributed by atoms with Crippen LogP contribution in [-0.4, -0.2) is 21.0 Å². The molecule has 2 fully saturated rings. The van der Waals surface area contributed by atoms with Gasteiger partial charge in [0.15, 0.2) is 0 Å². The molecule has 2 N–H and O–H groups in total. The van der Waals surface area contributed by atoms with E-state index in [-0.39, 0.29) is 11.7 Å². The smallest absolute Gasteiger partial charge is 0.220 e. The molecule has 0 spiro atoms. The van der Waals surface area contributed by atoms with Crippen molar-refractivity contribution in [2.75, 3.05) is 0 Å². The van der Waals surface area contributed by atoms with Crippen molar-refractivity contribution in [2.45, 2.75) is 76.2 Å². The summed E-state index contributed by atoms with van der Waals surface area (Å²) in [5, 5.41) is 7.41. The fourth-order valence-corrected chi connectivity index (χ4v) is 5.09. The van der Waals surface area contributed by atoms with Crippen LogP contribution in [0.2, 0.25) is 0 Å². The standard InChI is InChI=1S/C27H31FN4O2/c28-22-10-4-3-9-21(22)24-18-29-26(30-24)27(16-7-5-11-25(33)31-27)15-6-1-2-8-20(19-12-13-19)23-14-17-34-32-23/h3-4,9-10,14,17-18H,1-2,5-8,11-13,15-16H2,(H,29,30)(H,31,33)/t27-/m0/s1. The highest BCUT2D eigenvalue weighted by Gasteiger charge is 2.37. The molecule has 1 saturated carbocycles. The number of amides is 1. The van der Waals surface area contributed by atoms with E-state index in [0.29, 0.717) is 17.7 Å². The predicted octanol–water partition coefficient (Wildman–Crippen LogP) is 6.29. The van der Waals surface area contributed by atoms with Gasteiger partial charge in [-0.3, -0.25) is 4.79 Å². The van der Waals surface area contributed by atoms with Crippen LogP contribution in [0.3, 0.4) is 0 Å². The summed E-state index contributed by atoms with van der Waals surface area (Å²) in [5.41, 5.74) is 4.39. The summed E-state index contributed by atoms with van der Waals surface area (Å²) in [5.74, 6) is 0.502. The molecule has 0 radical (unpaired) electrons. The molecule has 1 amide bonds. The number of H-pyrrole nitrogens is 1. The number of imidazole rings is 1. The molecule has 6 nitrogen and oxygen atoms in total. The Morgan fingerprint density at radius 3 is 2.76 bits per heavy atom. The Labute approximate surface area is 199 Å². The fraction of sp³-hybridized carbons (Fsp3) is 0.444. The number of carbonyl (C=O) groups is 1. The number of benzene rings is 1. The van der Waals surface area contributed by atoms with Gasteiger partial charge >= 0.3 is 0 Å². The zero-order chi connectivity index (χ0) is 23.4. The highest BCUT2D eigenvalue weighted by Crippen LogP contribution is 2.39. The van der Waals surface area contributed by atoms with Crippen molar-refractivity contribution in [3.05, 3.63) is 65.7 Å². The Morgan fingerprint density at radius 2 is 1.97 bits per heavy atom. The van der Waals surface area contributed by atoms with Crippen molar-refractivity contribution in [3.8, 4) is 11.3 Å². The van der Waals surface area contributed by atoms with Gasteiger partial charge in [-0.25, -0.2) is 9.37 Å². The first-order valence-corrected chi connectivity index (χ1v) is 12.4. The molecule has 2 aliphatic rings. The van der Waals surface area contributed by atoms with Crippen LogP contribution < -0.4 is 5.32 Å². The minimum atomic E-state index is -0.541. The summed E-state index contributed by atoms with van der Waals surface area (Å²) >= 11 is 0. The number of hydrogen-bond acceptors (Lipinski definition) is 4. The number of halogens is 1. The lowest BCUT2D eigenvalue weighted by atomic mass is 9.86. The van der Waals surface area contributed by atoms with E-state index in [2.05, 4.69) is 20.4 Å². The molecule has 1 atom stereocenters. The Hall–Kier alpha value is -3.22. The molecular formula is C27H31FN4O2. The number of allylic oxidation sites excluding steroid dienone is 2. The number of nitrogens with one attached hydrogen (secondary N) is 2. The normalized spacial score (nSPS) is 20.1. The van der Waals surface area contributed by atoms with Crippen LogP contribution in [0.4, 0.5) is 4.39 Å². The number of nitrogens with zero attached hydrogens (tertiary/aromatic N) is 2. The molecule has 178 valence electrons. The van der Waals surface area contributed by atoms with Crippen molar-refractivity contribution >= 4 is 11.5 Å². The SMILES string of the molecule is O=C1CCCC[C@@](CCCCCC(=C2CC2)c2ccon2)(c2ncc(-c3ccccc3F)[nH]2)N1. The highest BCUT2D eigenvalue weighted by atomic mass is 19.1. The Kier molecular flexibility index (Phi) is 6.61. The Balaban J connectivity index is 1.28. The Morgan fingerprint density at radius 1 is 1.09 bits per heavy atom. The fourth-order valence-electron chi connectivity index (χ4n) is 5.09. The number of rotatable bonds is 9. The molecule has 1 aliphatic heterocycles. The van der Waals surface area contributed by atoms with E-state index in [9.17, 15) is 9.18 Å². The third-order valence-electron chi connectivity index (χ3n) is 7.03. The Bertz CT molecular complexity index is 1160. The second-order valence-electron chi connectivity index (χ2n) is 9.49. The van der Waals surface area contributed by atoms with Crippen LogP contribution in [0.15, 0.2) is 52.9 Å². The quantitative estimate of drug-likeness (QED) is 0.366. The van der Waals surface area contributed by atoms with Crippen LogP contribution in [0.5, 0.6) is 0 Å². The summed E-state index contributed by atoms with van der Waals surface area (Å²) in [4.78, 5) is 20.5. The van der Waals surface area contributed by atoms with E-state index in [0.717, 1.165) is 62.9 Å². The van der Waals surface area contributed by atoms with E-state index in [1.807, 2.05) is 12.1 Å². The van der Waals surface area contributed by atoms with Gasteiger partial charge in [0.1, 0.15) is 23.6 Å². The monoisotopic (exact) mass is 462 g/mol. The highest BCUT2D eigenvalue weighted by molar-refractivity contribution is 5.77. The summed E-state index contributed by atoms with van der Waals surface area (Å²) in [7, 11) is 0. The lowest BCUT2D eigenvalue weighted by molar-refractivity contribution is -0.122. The minimum absolute atomic E-state index is 0.0631. The van der Waals surface area contributed by atoms with E-state index in [1.54, 1.807) is 24.6 Å². The zero-order valence-electron chi connectivity index (χ0n) is 19.4. The van der Waals surface area contributed by atoms with Gasteiger partial charge in [-0.05, 0) is 62.7 Å². The van der Waals surface area contributed by atoms with Crippen molar-refractivity contribution in [1.82, 2.24) is 20.4 Å². The second-order valence-corrected chi connectivity index (χ2v) is 9.49. The van der Waals surface area contributed by atoms with E-state index in [4.69, 9.17) is 4.52 Å². The van der Waals surface area contributed by atoms with Crippen molar-refractivity contribution in [2.24, 2.45) is 0 Å². The average Bonchev–Trinajstić information content (AvgIpc) is 3.35. The lowest BCUT2D eigenvalue weighted by Crippen LogP contribution is -2.45. The molecule has 0 unspecified atom stereocenters. The summed E-state index contributed by atoms with van der Waals surface area (Å²) < 4.78 is 19.4. The third kappa shape index (κ3) is 4.98. The summed E-state index contributed by atoms with van der Waals surface area (Å²) in [6.07, 6.45) is 13.7. The van der Waals surface area contributed by atoms with Gasteiger partial charge in [-0.1, -0.05) is 42.1 Å². The van der Waals surface area contributed by atoms with Crippen molar-refractivity contribution < 1.29 is 13.7 Å². The van der Waals surface area contributed by atoms with Crippen LogP contribution in [0.1, 0.15) is 82.1 Å². The molecule has 7 heteroatoms. The average molecular weight is 463 g/mol. The van der Waals surface area contributed by atoms with Crippen LogP contribution in [0, 0.1) is 5.82 Å². The van der Waals surface area contributed by atoms with Gasteiger partial charge in [-0.2, -0.15) is 0 Å². The van der Waals surface area contributed by atoms with Gasteiger partial charge < -0.3 is 14.8 Å². The number of hydrogen-bond donors (Lipinski definition) is 2.